The van der Waals surface area contributed by atoms with Crippen LogP contribution in [0.25, 0.3) is 11.3 Å². The number of amides is 1. The number of benzene rings is 2. The predicted octanol–water partition coefficient (Wildman–Crippen LogP) is 2.58. The Morgan fingerprint density at radius 2 is 1.77 bits per heavy atom. The molecule has 0 radical (unpaired) electrons. The third-order valence-electron chi connectivity index (χ3n) is 5.53. The first kappa shape index (κ1) is 20.7. The van der Waals surface area contributed by atoms with Crippen LogP contribution in [-0.2, 0) is 11.3 Å². The number of methoxy groups -OCH3 is 1. The van der Waals surface area contributed by atoms with Gasteiger partial charge >= 0.3 is 0 Å². The molecule has 1 aliphatic heterocycles. The summed E-state index contributed by atoms with van der Waals surface area (Å²) in [7, 11) is 1.59. The Kier molecular flexibility index (Phi) is 6.02. The van der Waals surface area contributed by atoms with E-state index >= 15 is 0 Å². The molecular weight excluding hydrogens is 392 g/mol. The number of carbonyl (C=O) groups excluding carboxylic acids is 1. The van der Waals surface area contributed by atoms with Gasteiger partial charge in [-0.25, -0.2) is 4.68 Å². The van der Waals surface area contributed by atoms with Crippen molar-refractivity contribution in [2.24, 2.45) is 0 Å². The summed E-state index contributed by atoms with van der Waals surface area (Å²) in [4.78, 5) is 29.3. The van der Waals surface area contributed by atoms with Crippen LogP contribution in [0.5, 0.6) is 5.75 Å². The molecule has 0 saturated carbocycles. The quantitative estimate of drug-likeness (QED) is 0.637. The van der Waals surface area contributed by atoms with E-state index in [9.17, 15) is 9.59 Å². The van der Waals surface area contributed by atoms with Crippen molar-refractivity contribution in [2.45, 2.75) is 13.5 Å². The van der Waals surface area contributed by atoms with E-state index in [1.54, 1.807) is 18.1 Å². The topological polar surface area (TPSA) is 67.7 Å². The number of anilines is 1. The van der Waals surface area contributed by atoms with Crippen molar-refractivity contribution < 1.29 is 9.53 Å². The maximum absolute atomic E-state index is 12.9. The van der Waals surface area contributed by atoms with Gasteiger partial charge in [0.15, 0.2) is 0 Å². The van der Waals surface area contributed by atoms with E-state index in [0.717, 1.165) is 18.7 Å². The number of aryl methyl sites for hydroxylation is 1. The van der Waals surface area contributed by atoms with Gasteiger partial charge in [0.2, 0.25) is 5.91 Å². The fourth-order valence-electron chi connectivity index (χ4n) is 3.83. The van der Waals surface area contributed by atoms with Crippen molar-refractivity contribution in [2.75, 3.05) is 38.2 Å². The lowest BCUT2D eigenvalue weighted by Gasteiger charge is -2.36. The Bertz CT molecular complexity index is 1130. The first-order valence-electron chi connectivity index (χ1n) is 10.4. The van der Waals surface area contributed by atoms with Crippen LogP contribution in [0.1, 0.15) is 5.56 Å². The third-order valence-corrected chi connectivity index (χ3v) is 5.53. The zero-order valence-corrected chi connectivity index (χ0v) is 17.8. The Morgan fingerprint density at radius 3 is 2.52 bits per heavy atom. The van der Waals surface area contributed by atoms with Gasteiger partial charge in [0.05, 0.1) is 12.8 Å². The maximum atomic E-state index is 12.9. The number of piperazine rings is 1. The van der Waals surface area contributed by atoms with Gasteiger partial charge in [0.25, 0.3) is 5.56 Å². The summed E-state index contributed by atoms with van der Waals surface area (Å²) in [5.74, 6) is 0.564. The Labute approximate surface area is 181 Å². The minimum Gasteiger partial charge on any atom is -0.496 e. The van der Waals surface area contributed by atoms with Gasteiger partial charge in [-0.15, -0.1) is 0 Å². The highest BCUT2D eigenvalue weighted by Gasteiger charge is 2.22. The predicted molar refractivity (Wildman–Crippen MR) is 120 cm³/mol. The molecule has 0 bridgehead atoms. The average molecular weight is 418 g/mol. The lowest BCUT2D eigenvalue weighted by molar-refractivity contribution is -0.132. The molecule has 160 valence electrons. The summed E-state index contributed by atoms with van der Waals surface area (Å²) in [6, 6.07) is 18.9. The summed E-state index contributed by atoms with van der Waals surface area (Å²) >= 11 is 0. The zero-order valence-electron chi connectivity index (χ0n) is 17.8. The molecule has 31 heavy (non-hydrogen) atoms. The SMILES string of the molecule is COc1ccccc1-c1ccc(=O)n(CC(=O)N2CCN(c3cccc(C)c3)CC2)n1. The van der Waals surface area contributed by atoms with Crippen molar-refractivity contribution in [1.29, 1.82) is 0 Å². The van der Waals surface area contributed by atoms with Crippen molar-refractivity contribution >= 4 is 11.6 Å². The van der Waals surface area contributed by atoms with Crippen LogP contribution in [0.15, 0.2) is 65.5 Å². The van der Waals surface area contributed by atoms with Crippen LogP contribution in [0.3, 0.4) is 0 Å². The van der Waals surface area contributed by atoms with Crippen LogP contribution in [-0.4, -0.2) is 53.9 Å². The number of para-hydroxylation sites is 1. The smallest absolute Gasteiger partial charge is 0.267 e. The third kappa shape index (κ3) is 4.60. The molecule has 0 N–H and O–H groups in total. The second-order valence-corrected chi connectivity index (χ2v) is 7.62. The Morgan fingerprint density at radius 1 is 1.00 bits per heavy atom. The molecule has 1 amide bonds. The highest BCUT2D eigenvalue weighted by molar-refractivity contribution is 5.76. The number of aromatic nitrogens is 2. The summed E-state index contributed by atoms with van der Waals surface area (Å²) in [6.07, 6.45) is 0. The molecule has 2 aromatic carbocycles. The average Bonchev–Trinajstić information content (AvgIpc) is 2.80. The molecule has 1 aliphatic rings. The van der Waals surface area contributed by atoms with Crippen LogP contribution in [0.2, 0.25) is 0 Å². The van der Waals surface area contributed by atoms with Crippen molar-refractivity contribution in [1.82, 2.24) is 14.7 Å². The molecule has 3 aromatic rings. The van der Waals surface area contributed by atoms with E-state index in [1.807, 2.05) is 24.3 Å². The molecule has 7 heteroatoms. The molecule has 0 unspecified atom stereocenters. The maximum Gasteiger partial charge on any atom is 0.267 e. The molecule has 1 aromatic heterocycles. The number of ether oxygens (including phenoxy) is 1. The molecule has 1 saturated heterocycles. The van der Waals surface area contributed by atoms with Gasteiger partial charge in [0.1, 0.15) is 12.3 Å². The molecular formula is C24H26N4O3. The van der Waals surface area contributed by atoms with E-state index in [2.05, 4.69) is 41.2 Å². The lowest BCUT2D eigenvalue weighted by atomic mass is 10.1. The van der Waals surface area contributed by atoms with Gasteiger partial charge in [-0.1, -0.05) is 24.3 Å². The molecule has 0 atom stereocenters. The minimum absolute atomic E-state index is 0.0771. The van der Waals surface area contributed by atoms with Crippen LogP contribution >= 0.6 is 0 Å². The van der Waals surface area contributed by atoms with E-state index in [-0.39, 0.29) is 18.0 Å². The first-order valence-corrected chi connectivity index (χ1v) is 10.4. The summed E-state index contributed by atoms with van der Waals surface area (Å²) < 4.78 is 6.63. The van der Waals surface area contributed by atoms with Crippen molar-refractivity contribution in [3.8, 4) is 17.0 Å². The zero-order chi connectivity index (χ0) is 21.8. The normalized spacial score (nSPS) is 13.9. The molecule has 2 heterocycles. The van der Waals surface area contributed by atoms with E-state index in [0.29, 0.717) is 24.5 Å². The van der Waals surface area contributed by atoms with Crippen LogP contribution in [0.4, 0.5) is 5.69 Å². The number of hydrogen-bond donors (Lipinski definition) is 0. The van der Waals surface area contributed by atoms with Crippen LogP contribution < -0.4 is 15.2 Å². The molecule has 4 rings (SSSR count). The summed E-state index contributed by atoms with van der Waals surface area (Å²) in [5.41, 5.74) is 3.46. The van der Waals surface area contributed by atoms with Crippen molar-refractivity contribution in [3.05, 3.63) is 76.6 Å². The fraction of sp³-hybridized carbons (Fsp3) is 0.292. The monoisotopic (exact) mass is 418 g/mol. The van der Waals surface area contributed by atoms with Gasteiger partial charge in [-0.2, -0.15) is 5.10 Å². The number of hydrogen-bond acceptors (Lipinski definition) is 5. The van der Waals surface area contributed by atoms with Gasteiger partial charge < -0.3 is 14.5 Å². The highest BCUT2D eigenvalue weighted by Crippen LogP contribution is 2.27. The van der Waals surface area contributed by atoms with Crippen LogP contribution in [0, 0.1) is 6.92 Å². The Balaban J connectivity index is 1.45. The minimum atomic E-state index is -0.301. The Hall–Kier alpha value is -3.61. The van der Waals surface area contributed by atoms with Crippen molar-refractivity contribution in [3.63, 3.8) is 0 Å². The number of rotatable bonds is 5. The molecule has 0 spiro atoms. The number of carbonyl (C=O) groups is 1. The molecule has 7 nitrogen and oxygen atoms in total. The van der Waals surface area contributed by atoms with E-state index < -0.39 is 0 Å². The van der Waals surface area contributed by atoms with Gasteiger partial charge in [-0.05, 0) is 42.8 Å². The second kappa shape index (κ2) is 9.04. The van der Waals surface area contributed by atoms with Gasteiger partial charge in [-0.3, -0.25) is 9.59 Å². The van der Waals surface area contributed by atoms with Gasteiger partial charge in [0, 0.05) is 43.5 Å². The molecule has 1 fully saturated rings. The fourth-order valence-corrected chi connectivity index (χ4v) is 3.83. The standard InChI is InChI=1S/C24H26N4O3/c1-18-6-5-7-19(16-18)26-12-14-27(15-13-26)24(30)17-28-23(29)11-10-21(25-28)20-8-3-4-9-22(20)31-2/h3-11,16H,12-15,17H2,1-2H3. The molecule has 0 aliphatic carbocycles. The number of nitrogens with zero attached hydrogens (tertiary/aromatic N) is 4. The first-order chi connectivity index (χ1) is 15.0. The largest absolute Gasteiger partial charge is 0.496 e. The lowest BCUT2D eigenvalue weighted by Crippen LogP contribution is -2.50. The van der Waals surface area contributed by atoms with E-state index in [4.69, 9.17) is 4.74 Å². The summed E-state index contributed by atoms with van der Waals surface area (Å²) in [6.45, 7) is 4.76. The summed E-state index contributed by atoms with van der Waals surface area (Å²) in [5, 5.41) is 4.42. The second-order valence-electron chi connectivity index (χ2n) is 7.62. The van der Waals surface area contributed by atoms with E-state index in [1.165, 1.54) is 22.0 Å². The highest BCUT2D eigenvalue weighted by atomic mass is 16.5.